The first-order valence-corrected chi connectivity index (χ1v) is 4.39. The molecule has 0 spiro atoms. The summed E-state index contributed by atoms with van der Waals surface area (Å²) in [7, 11) is 0. The number of halogens is 5. The Balaban J connectivity index is 3.28. The molecule has 0 aliphatic rings. The predicted octanol–water partition coefficient (Wildman–Crippen LogP) is 2.69. The van der Waals surface area contributed by atoms with Crippen LogP contribution in [0.4, 0.5) is 13.2 Å². The lowest BCUT2D eigenvalue weighted by Gasteiger charge is -2.25. The third-order valence-electron chi connectivity index (χ3n) is 1.70. The van der Waals surface area contributed by atoms with E-state index in [9.17, 15) is 13.2 Å². The first kappa shape index (κ1) is 12.6. The molecular weight excluding hydrogens is 256 g/mol. The second-order valence-electron chi connectivity index (χ2n) is 2.79. The Morgan fingerprint density at radius 1 is 1.07 bits per heavy atom. The summed E-state index contributed by atoms with van der Waals surface area (Å²) >= 11 is 10.9. The number of aliphatic hydroxyl groups is 2. The molecule has 0 saturated heterocycles. The van der Waals surface area contributed by atoms with Crippen LogP contribution in [0, 0.1) is 0 Å². The minimum absolute atomic E-state index is 0.0988. The van der Waals surface area contributed by atoms with Crippen LogP contribution in [-0.2, 0) is 5.79 Å². The van der Waals surface area contributed by atoms with Crippen molar-refractivity contribution in [1.29, 1.82) is 0 Å². The van der Waals surface area contributed by atoms with E-state index in [-0.39, 0.29) is 5.02 Å². The number of hydrogen-bond donors (Lipinski definition) is 2. The van der Waals surface area contributed by atoms with E-state index in [1.807, 2.05) is 0 Å². The van der Waals surface area contributed by atoms with Gasteiger partial charge >= 0.3 is 6.18 Å². The summed E-state index contributed by atoms with van der Waals surface area (Å²) in [5, 5.41) is 17.4. The number of alkyl halides is 3. The van der Waals surface area contributed by atoms with Crippen LogP contribution in [-0.4, -0.2) is 16.4 Å². The van der Waals surface area contributed by atoms with Gasteiger partial charge in [0.05, 0.1) is 5.02 Å². The van der Waals surface area contributed by atoms with Crippen LogP contribution < -0.4 is 0 Å². The van der Waals surface area contributed by atoms with Gasteiger partial charge in [0, 0.05) is 10.6 Å². The van der Waals surface area contributed by atoms with Crippen LogP contribution in [0.2, 0.25) is 10.0 Å². The third kappa shape index (κ3) is 2.36. The fourth-order valence-electron chi connectivity index (χ4n) is 0.925. The number of rotatable bonds is 1. The molecule has 0 fully saturated rings. The molecule has 84 valence electrons. The van der Waals surface area contributed by atoms with Crippen molar-refractivity contribution in [2.75, 3.05) is 0 Å². The van der Waals surface area contributed by atoms with Crippen LogP contribution in [0.1, 0.15) is 5.56 Å². The van der Waals surface area contributed by atoms with Crippen molar-refractivity contribution in [3.8, 4) is 0 Å². The van der Waals surface area contributed by atoms with Crippen molar-refractivity contribution < 1.29 is 23.4 Å². The van der Waals surface area contributed by atoms with Crippen molar-refractivity contribution in [2.24, 2.45) is 0 Å². The molecular formula is C8H5Cl2F3O2. The molecule has 0 aliphatic heterocycles. The zero-order valence-corrected chi connectivity index (χ0v) is 8.53. The van der Waals surface area contributed by atoms with Crippen molar-refractivity contribution in [1.82, 2.24) is 0 Å². The molecule has 0 atom stereocenters. The highest BCUT2D eigenvalue weighted by Crippen LogP contribution is 2.40. The fraction of sp³-hybridized carbons (Fsp3) is 0.250. The summed E-state index contributed by atoms with van der Waals surface area (Å²) in [6, 6.07) is 2.87. The van der Waals surface area contributed by atoms with E-state index in [1.54, 1.807) is 0 Å². The van der Waals surface area contributed by atoms with Gasteiger partial charge < -0.3 is 10.2 Å². The van der Waals surface area contributed by atoms with Crippen molar-refractivity contribution in [3.05, 3.63) is 33.8 Å². The van der Waals surface area contributed by atoms with Gasteiger partial charge in [0.2, 0.25) is 0 Å². The maximum Gasteiger partial charge on any atom is 0.447 e. The average Bonchev–Trinajstić information content (AvgIpc) is 2.00. The Morgan fingerprint density at radius 3 is 2.00 bits per heavy atom. The van der Waals surface area contributed by atoms with E-state index in [4.69, 9.17) is 33.4 Å². The molecule has 0 amide bonds. The average molecular weight is 261 g/mol. The van der Waals surface area contributed by atoms with Gasteiger partial charge in [-0.05, 0) is 12.1 Å². The summed E-state index contributed by atoms with van der Waals surface area (Å²) in [6.07, 6.45) is -5.23. The molecule has 1 rings (SSSR count). The second kappa shape index (κ2) is 3.83. The quantitative estimate of drug-likeness (QED) is 0.763. The lowest BCUT2D eigenvalue weighted by atomic mass is 10.1. The molecule has 0 aromatic heterocycles. The molecule has 2 N–H and O–H groups in total. The molecule has 2 nitrogen and oxygen atoms in total. The van der Waals surface area contributed by atoms with Crippen LogP contribution >= 0.6 is 23.2 Å². The van der Waals surface area contributed by atoms with Gasteiger partial charge in [-0.1, -0.05) is 29.3 Å². The molecule has 0 radical (unpaired) electrons. The molecule has 0 saturated carbocycles. The normalized spacial score (nSPS) is 13.0. The Hall–Kier alpha value is -0.490. The smallest absolute Gasteiger partial charge is 0.355 e. The molecule has 1 aromatic rings. The number of benzene rings is 1. The monoisotopic (exact) mass is 260 g/mol. The van der Waals surface area contributed by atoms with E-state index in [0.29, 0.717) is 0 Å². The SMILES string of the molecule is OC(O)(c1ccc(Cl)cc1Cl)C(F)(F)F. The first-order valence-electron chi connectivity index (χ1n) is 3.63. The summed E-state index contributed by atoms with van der Waals surface area (Å²) in [5.74, 6) is -3.98. The summed E-state index contributed by atoms with van der Waals surface area (Å²) in [5.41, 5.74) is -0.860. The highest BCUT2D eigenvalue weighted by Gasteiger charge is 2.55. The van der Waals surface area contributed by atoms with E-state index >= 15 is 0 Å². The van der Waals surface area contributed by atoms with Gasteiger partial charge in [-0.25, -0.2) is 0 Å². The van der Waals surface area contributed by atoms with Gasteiger partial charge in [0.1, 0.15) is 0 Å². The van der Waals surface area contributed by atoms with Gasteiger partial charge in [0.25, 0.3) is 5.79 Å². The van der Waals surface area contributed by atoms with Crippen LogP contribution in [0.25, 0.3) is 0 Å². The van der Waals surface area contributed by atoms with Crippen molar-refractivity contribution in [3.63, 3.8) is 0 Å². The largest absolute Gasteiger partial charge is 0.447 e. The van der Waals surface area contributed by atoms with Crippen LogP contribution in [0.5, 0.6) is 0 Å². The van der Waals surface area contributed by atoms with Gasteiger partial charge in [0.15, 0.2) is 0 Å². The highest BCUT2D eigenvalue weighted by atomic mass is 35.5. The van der Waals surface area contributed by atoms with Crippen molar-refractivity contribution >= 4 is 23.2 Å². The highest BCUT2D eigenvalue weighted by molar-refractivity contribution is 6.35. The first-order chi connectivity index (χ1) is 6.66. The standard InChI is InChI=1S/C8H5Cl2F3O2/c9-4-1-2-5(6(10)3-4)7(14,15)8(11,12)13/h1-3,14-15H. The van der Waals surface area contributed by atoms with E-state index in [2.05, 4.69) is 0 Å². The van der Waals surface area contributed by atoms with Gasteiger partial charge in [-0.15, -0.1) is 0 Å². The minimum atomic E-state index is -5.23. The predicted molar refractivity (Wildman–Crippen MR) is 48.6 cm³/mol. The summed E-state index contributed by atoms with van der Waals surface area (Å²) < 4.78 is 36.6. The summed E-state index contributed by atoms with van der Waals surface area (Å²) in [6.45, 7) is 0. The van der Waals surface area contributed by atoms with Crippen molar-refractivity contribution in [2.45, 2.75) is 12.0 Å². The molecule has 0 aliphatic carbocycles. The number of hydrogen-bond acceptors (Lipinski definition) is 2. The van der Waals surface area contributed by atoms with Gasteiger partial charge in [-0.2, -0.15) is 13.2 Å². The Bertz CT molecular complexity index is 377. The Labute approximate surface area is 92.9 Å². The lowest BCUT2D eigenvalue weighted by molar-refractivity contribution is -0.358. The zero-order chi connectivity index (χ0) is 11.9. The Kier molecular flexibility index (Phi) is 3.21. The van der Waals surface area contributed by atoms with Gasteiger partial charge in [-0.3, -0.25) is 0 Å². The molecule has 0 heterocycles. The van der Waals surface area contributed by atoms with Crippen LogP contribution in [0.15, 0.2) is 18.2 Å². The van der Waals surface area contributed by atoms with E-state index in [0.717, 1.165) is 18.2 Å². The second-order valence-corrected chi connectivity index (χ2v) is 3.64. The van der Waals surface area contributed by atoms with E-state index in [1.165, 1.54) is 0 Å². The molecule has 0 unspecified atom stereocenters. The zero-order valence-electron chi connectivity index (χ0n) is 7.02. The van der Waals surface area contributed by atoms with Crippen LogP contribution in [0.3, 0.4) is 0 Å². The molecule has 0 bridgehead atoms. The maximum atomic E-state index is 12.2. The Morgan fingerprint density at radius 2 is 1.60 bits per heavy atom. The minimum Gasteiger partial charge on any atom is -0.355 e. The molecule has 15 heavy (non-hydrogen) atoms. The summed E-state index contributed by atoms with van der Waals surface area (Å²) in [4.78, 5) is 0. The lowest BCUT2D eigenvalue weighted by Crippen LogP contribution is -2.42. The molecule has 7 heteroatoms. The maximum absolute atomic E-state index is 12.2. The topological polar surface area (TPSA) is 40.5 Å². The third-order valence-corrected chi connectivity index (χ3v) is 2.25. The van der Waals surface area contributed by atoms with E-state index < -0.39 is 22.5 Å². The molecule has 1 aromatic carbocycles. The fourth-order valence-corrected chi connectivity index (χ4v) is 1.47.